The molecule has 0 saturated heterocycles. The van der Waals surface area contributed by atoms with Crippen molar-refractivity contribution in [3.8, 4) is 5.75 Å². The van der Waals surface area contributed by atoms with E-state index in [0.29, 0.717) is 23.4 Å². The molecule has 1 aliphatic rings. The summed E-state index contributed by atoms with van der Waals surface area (Å²) in [4.78, 5) is 53.6. The fourth-order valence-corrected chi connectivity index (χ4v) is 4.08. The van der Waals surface area contributed by atoms with Gasteiger partial charge in [-0.1, -0.05) is 24.3 Å². The number of hydrogen-bond acceptors (Lipinski definition) is 7. The second-order valence-electron chi connectivity index (χ2n) is 8.70. The maximum Gasteiger partial charge on any atom is 0.270 e. The molecule has 1 aliphatic heterocycles. The minimum Gasteiger partial charge on any atom is -0.486 e. The molecule has 186 valence electrons. The van der Waals surface area contributed by atoms with E-state index < -0.39 is 11.8 Å². The first-order valence-electron chi connectivity index (χ1n) is 11.6. The van der Waals surface area contributed by atoms with E-state index in [-0.39, 0.29) is 42.7 Å². The van der Waals surface area contributed by atoms with Gasteiger partial charge in [-0.2, -0.15) is 5.10 Å². The van der Waals surface area contributed by atoms with E-state index in [0.717, 1.165) is 16.7 Å². The van der Waals surface area contributed by atoms with Gasteiger partial charge in [0.15, 0.2) is 17.2 Å². The monoisotopic (exact) mass is 497 g/mol. The number of benzene rings is 2. The third-order valence-electron chi connectivity index (χ3n) is 5.97. The summed E-state index contributed by atoms with van der Waals surface area (Å²) in [6.07, 6.45) is 1.79. The van der Waals surface area contributed by atoms with Gasteiger partial charge in [0.2, 0.25) is 0 Å². The molecular formula is C27H23N5O5. The molecule has 0 spiro atoms. The summed E-state index contributed by atoms with van der Waals surface area (Å²) >= 11 is 0. The SMILES string of the molecule is CC(=O)c1cccc(CNC(=O)c2cc(C(=O)NCc3ccc4c(c3)CC(=O)CO4)nc3ccnn23)c1. The molecule has 0 radical (unpaired) electrons. The van der Waals surface area contributed by atoms with Gasteiger partial charge in [0.1, 0.15) is 23.7 Å². The molecule has 0 bridgehead atoms. The maximum atomic E-state index is 13.0. The van der Waals surface area contributed by atoms with Gasteiger partial charge in [-0.25, -0.2) is 9.50 Å². The first kappa shape index (κ1) is 23.9. The molecular weight excluding hydrogens is 474 g/mol. The Labute approximate surface area is 211 Å². The number of fused-ring (bicyclic) bond motifs is 2. The van der Waals surface area contributed by atoms with Gasteiger partial charge in [-0.05, 0) is 36.2 Å². The smallest absolute Gasteiger partial charge is 0.270 e. The summed E-state index contributed by atoms with van der Waals surface area (Å²) < 4.78 is 6.77. The Morgan fingerprint density at radius 3 is 2.57 bits per heavy atom. The standard InChI is InChI=1S/C27H23N5O5/c1-16(33)19-4-2-3-17(9-19)13-29-27(36)23-12-22(31-25-7-8-30-32(23)25)26(35)28-14-18-5-6-24-20(10-18)11-21(34)15-37-24/h2-10,12H,11,13-15H2,1H3,(H,28,35)(H,29,36). The summed E-state index contributed by atoms with van der Waals surface area (Å²) in [6, 6.07) is 15.4. The van der Waals surface area contributed by atoms with Crippen LogP contribution >= 0.6 is 0 Å². The van der Waals surface area contributed by atoms with Crippen LogP contribution in [0.4, 0.5) is 0 Å². The Morgan fingerprint density at radius 1 is 0.973 bits per heavy atom. The topological polar surface area (TPSA) is 132 Å². The van der Waals surface area contributed by atoms with Crippen molar-refractivity contribution < 1.29 is 23.9 Å². The summed E-state index contributed by atoms with van der Waals surface area (Å²) in [5.41, 5.74) is 3.47. The number of amides is 2. The number of nitrogens with zero attached hydrogens (tertiary/aromatic N) is 3. The van der Waals surface area contributed by atoms with Crippen LogP contribution in [0.25, 0.3) is 5.65 Å². The molecule has 2 N–H and O–H groups in total. The van der Waals surface area contributed by atoms with Gasteiger partial charge in [0.05, 0.1) is 6.20 Å². The van der Waals surface area contributed by atoms with Crippen molar-refractivity contribution in [2.24, 2.45) is 0 Å². The van der Waals surface area contributed by atoms with Crippen LogP contribution in [0.3, 0.4) is 0 Å². The first-order valence-corrected chi connectivity index (χ1v) is 11.6. The van der Waals surface area contributed by atoms with Crippen LogP contribution in [0.2, 0.25) is 0 Å². The Morgan fingerprint density at radius 2 is 1.76 bits per heavy atom. The molecule has 3 heterocycles. The van der Waals surface area contributed by atoms with Crippen LogP contribution in [0.15, 0.2) is 60.8 Å². The molecule has 2 aromatic heterocycles. The van der Waals surface area contributed by atoms with E-state index in [1.165, 1.54) is 23.7 Å². The van der Waals surface area contributed by atoms with Crippen molar-refractivity contribution in [2.75, 3.05) is 6.61 Å². The fraction of sp³-hybridized carbons (Fsp3) is 0.185. The van der Waals surface area contributed by atoms with Crippen molar-refractivity contribution in [3.63, 3.8) is 0 Å². The molecule has 4 aromatic rings. The second-order valence-corrected chi connectivity index (χ2v) is 8.70. The minimum atomic E-state index is -0.461. The number of ketones is 2. The summed E-state index contributed by atoms with van der Waals surface area (Å²) in [6.45, 7) is 1.96. The Kier molecular flexibility index (Phi) is 6.46. The van der Waals surface area contributed by atoms with E-state index in [1.807, 2.05) is 18.2 Å². The fourth-order valence-electron chi connectivity index (χ4n) is 4.08. The van der Waals surface area contributed by atoms with E-state index in [1.54, 1.807) is 30.3 Å². The highest BCUT2D eigenvalue weighted by Gasteiger charge is 2.19. The summed E-state index contributed by atoms with van der Waals surface area (Å²) in [5.74, 6) is -0.293. The molecule has 10 heteroatoms. The average Bonchev–Trinajstić information content (AvgIpc) is 3.38. The molecule has 0 saturated carbocycles. The molecule has 0 unspecified atom stereocenters. The van der Waals surface area contributed by atoms with Crippen molar-refractivity contribution in [1.29, 1.82) is 0 Å². The van der Waals surface area contributed by atoms with Crippen LogP contribution in [-0.4, -0.2) is 44.6 Å². The molecule has 2 aromatic carbocycles. The predicted octanol–water partition coefficient (Wildman–Crippen LogP) is 2.30. The van der Waals surface area contributed by atoms with Gasteiger partial charge >= 0.3 is 0 Å². The number of aromatic nitrogens is 3. The predicted molar refractivity (Wildman–Crippen MR) is 132 cm³/mol. The van der Waals surface area contributed by atoms with Crippen LogP contribution in [0.5, 0.6) is 5.75 Å². The molecule has 37 heavy (non-hydrogen) atoms. The van der Waals surface area contributed by atoms with Gasteiger partial charge in [-0.15, -0.1) is 0 Å². The number of carbonyl (C=O) groups is 4. The average molecular weight is 498 g/mol. The third kappa shape index (κ3) is 5.22. The quantitative estimate of drug-likeness (QED) is 0.375. The zero-order chi connectivity index (χ0) is 25.9. The Hall–Kier alpha value is -4.86. The third-order valence-corrected chi connectivity index (χ3v) is 5.97. The lowest BCUT2D eigenvalue weighted by molar-refractivity contribution is -0.121. The lowest BCUT2D eigenvalue weighted by Crippen LogP contribution is -2.28. The molecule has 10 nitrogen and oxygen atoms in total. The van der Waals surface area contributed by atoms with Crippen LogP contribution in [-0.2, 0) is 24.3 Å². The lowest BCUT2D eigenvalue weighted by Gasteiger charge is -2.17. The van der Waals surface area contributed by atoms with Gasteiger partial charge in [0.25, 0.3) is 11.8 Å². The molecule has 5 rings (SSSR count). The van der Waals surface area contributed by atoms with Crippen molar-refractivity contribution in [3.05, 3.63) is 94.4 Å². The number of rotatable bonds is 7. The van der Waals surface area contributed by atoms with E-state index in [2.05, 4.69) is 20.7 Å². The van der Waals surface area contributed by atoms with E-state index >= 15 is 0 Å². The van der Waals surface area contributed by atoms with Crippen molar-refractivity contribution in [1.82, 2.24) is 25.2 Å². The first-order chi connectivity index (χ1) is 17.9. The van der Waals surface area contributed by atoms with Crippen molar-refractivity contribution in [2.45, 2.75) is 26.4 Å². The van der Waals surface area contributed by atoms with Crippen LogP contribution < -0.4 is 15.4 Å². The highest BCUT2D eigenvalue weighted by molar-refractivity contribution is 5.98. The Bertz CT molecular complexity index is 1560. The van der Waals surface area contributed by atoms with Crippen LogP contribution in [0.1, 0.15) is 54.9 Å². The molecule has 0 aliphatic carbocycles. The van der Waals surface area contributed by atoms with Gasteiger partial charge in [-0.3, -0.25) is 19.2 Å². The number of nitrogens with one attached hydrogen (secondary N) is 2. The zero-order valence-electron chi connectivity index (χ0n) is 20.0. The normalized spacial score (nSPS) is 12.5. The minimum absolute atomic E-state index is 0.00404. The highest BCUT2D eigenvalue weighted by atomic mass is 16.5. The second kappa shape index (κ2) is 10.0. The van der Waals surface area contributed by atoms with E-state index in [9.17, 15) is 19.2 Å². The summed E-state index contributed by atoms with van der Waals surface area (Å²) in [7, 11) is 0. The summed E-state index contributed by atoms with van der Waals surface area (Å²) in [5, 5.41) is 9.77. The number of carbonyl (C=O) groups excluding carboxylic acids is 4. The molecule has 2 amide bonds. The molecule has 0 atom stereocenters. The number of hydrogen-bond donors (Lipinski definition) is 2. The van der Waals surface area contributed by atoms with Crippen LogP contribution in [0, 0.1) is 0 Å². The zero-order valence-corrected chi connectivity index (χ0v) is 20.0. The van der Waals surface area contributed by atoms with E-state index in [4.69, 9.17) is 4.74 Å². The van der Waals surface area contributed by atoms with Crippen molar-refractivity contribution >= 4 is 29.0 Å². The highest BCUT2D eigenvalue weighted by Crippen LogP contribution is 2.24. The van der Waals surface area contributed by atoms with Gasteiger partial charge < -0.3 is 15.4 Å². The lowest BCUT2D eigenvalue weighted by atomic mass is 10.0. The number of ether oxygens (including phenoxy) is 1. The largest absolute Gasteiger partial charge is 0.486 e. The van der Waals surface area contributed by atoms with Gasteiger partial charge in [0, 0.05) is 42.8 Å². The maximum absolute atomic E-state index is 13.0. The Balaban J connectivity index is 1.30. The number of Topliss-reactive ketones (excluding diaryl/α,β-unsaturated/α-hetero) is 2. The molecule has 0 fully saturated rings.